The van der Waals surface area contributed by atoms with Crippen molar-refractivity contribution in [3.8, 4) is 5.69 Å². The molecule has 0 saturated heterocycles. The first-order valence-corrected chi connectivity index (χ1v) is 10.6. The van der Waals surface area contributed by atoms with Crippen molar-refractivity contribution in [1.29, 1.82) is 0 Å². The molecule has 3 aromatic rings. The average Bonchev–Trinajstić information content (AvgIpc) is 3.07. The van der Waals surface area contributed by atoms with Crippen molar-refractivity contribution in [1.82, 2.24) is 14.3 Å². The molecule has 1 aromatic heterocycles. The Morgan fingerprint density at radius 2 is 2.06 bits per heavy atom. The molecule has 0 unspecified atom stereocenters. The van der Waals surface area contributed by atoms with Crippen molar-refractivity contribution in [2.45, 2.75) is 39.5 Å². The smallest absolute Gasteiger partial charge is 0.350 e. The van der Waals surface area contributed by atoms with Gasteiger partial charge < -0.3 is 10.0 Å². The van der Waals surface area contributed by atoms with E-state index in [4.69, 9.17) is 11.6 Å². The Balaban J connectivity index is 1.85. The number of fused-ring (bicyclic) bond motifs is 1. The zero-order valence-electron chi connectivity index (χ0n) is 17.8. The first kappa shape index (κ1) is 22.2. The van der Waals surface area contributed by atoms with Crippen LogP contribution in [0.25, 0.3) is 5.69 Å². The van der Waals surface area contributed by atoms with Gasteiger partial charge in [-0.1, -0.05) is 29.8 Å². The summed E-state index contributed by atoms with van der Waals surface area (Å²) in [4.78, 5) is 14.5. The largest absolute Gasteiger partial charge is 0.388 e. The van der Waals surface area contributed by atoms with Crippen LogP contribution in [0.1, 0.15) is 36.7 Å². The van der Waals surface area contributed by atoms with Crippen LogP contribution in [0.4, 0.5) is 14.5 Å². The van der Waals surface area contributed by atoms with Crippen molar-refractivity contribution >= 4 is 17.3 Å². The van der Waals surface area contributed by atoms with E-state index in [1.165, 1.54) is 22.8 Å². The fourth-order valence-corrected chi connectivity index (χ4v) is 4.53. The minimum absolute atomic E-state index is 0.000672. The number of nitrogens with zero attached hydrogens (tertiary/aromatic N) is 4. The maximum Gasteiger partial charge on any atom is 0.350 e. The van der Waals surface area contributed by atoms with Gasteiger partial charge in [0.05, 0.1) is 10.7 Å². The number of anilines is 1. The number of hydrogen-bond acceptors (Lipinski definition) is 4. The van der Waals surface area contributed by atoms with Gasteiger partial charge in [-0.15, -0.1) is 5.10 Å². The van der Waals surface area contributed by atoms with Crippen molar-refractivity contribution in [2.24, 2.45) is 0 Å². The van der Waals surface area contributed by atoms with Gasteiger partial charge in [0.15, 0.2) is 5.82 Å². The van der Waals surface area contributed by atoms with Gasteiger partial charge in [0.2, 0.25) is 0 Å². The van der Waals surface area contributed by atoms with Gasteiger partial charge in [-0.3, -0.25) is 4.57 Å². The predicted octanol–water partition coefficient (Wildman–Crippen LogP) is 4.16. The van der Waals surface area contributed by atoms with Crippen LogP contribution in [0, 0.1) is 11.6 Å². The van der Waals surface area contributed by atoms with E-state index in [0.717, 1.165) is 15.8 Å². The summed E-state index contributed by atoms with van der Waals surface area (Å²) in [6.45, 7) is 8.18. The van der Waals surface area contributed by atoms with E-state index in [2.05, 4.69) is 11.7 Å². The molecule has 6 nitrogen and oxygen atoms in total. The molecule has 9 heteroatoms. The van der Waals surface area contributed by atoms with Gasteiger partial charge >= 0.3 is 5.69 Å². The third-order valence-electron chi connectivity index (χ3n) is 5.82. The molecule has 0 amide bonds. The lowest BCUT2D eigenvalue weighted by atomic mass is 9.85. The van der Waals surface area contributed by atoms with E-state index >= 15 is 4.39 Å². The highest BCUT2D eigenvalue weighted by atomic mass is 35.5. The van der Waals surface area contributed by atoms with Crippen LogP contribution in [-0.4, -0.2) is 26.0 Å². The van der Waals surface area contributed by atoms with E-state index in [0.29, 0.717) is 18.7 Å². The standard InChI is InChI=1S/C23H23ClF2N4O2/c1-4-29-21(12-31)27-30(23(29)32)20-9-15-14(8-19(20)26)10-28(11-16(15)13(2)3)22-17(24)6-5-7-18(22)25/h5-9,16,31H,2,4,10-12H2,1,3H3/t16-/m0/s1. The highest BCUT2D eigenvalue weighted by Crippen LogP contribution is 2.39. The Kier molecular flexibility index (Phi) is 5.92. The quantitative estimate of drug-likeness (QED) is 0.581. The Morgan fingerprint density at radius 3 is 2.66 bits per heavy atom. The molecule has 0 saturated carbocycles. The molecule has 0 aliphatic carbocycles. The lowest BCUT2D eigenvalue weighted by Crippen LogP contribution is -2.35. The normalized spacial score (nSPS) is 15.7. The molecule has 1 aliphatic heterocycles. The fourth-order valence-electron chi connectivity index (χ4n) is 4.24. The van der Waals surface area contributed by atoms with Gasteiger partial charge in [-0.05, 0) is 49.2 Å². The molecule has 4 rings (SSSR count). The zero-order valence-corrected chi connectivity index (χ0v) is 18.5. The molecule has 0 spiro atoms. The molecule has 1 N–H and O–H groups in total. The molecule has 168 valence electrons. The van der Waals surface area contributed by atoms with E-state index in [1.54, 1.807) is 24.0 Å². The van der Waals surface area contributed by atoms with E-state index in [-0.39, 0.29) is 34.7 Å². The second-order valence-electron chi connectivity index (χ2n) is 7.87. The van der Waals surface area contributed by atoms with Crippen LogP contribution >= 0.6 is 11.6 Å². The van der Waals surface area contributed by atoms with Crippen molar-refractivity contribution in [2.75, 3.05) is 11.4 Å². The zero-order chi connectivity index (χ0) is 23.2. The van der Waals surface area contributed by atoms with Crippen LogP contribution in [0.3, 0.4) is 0 Å². The third kappa shape index (κ3) is 3.63. The van der Waals surface area contributed by atoms with Gasteiger partial charge in [0.1, 0.15) is 23.9 Å². The maximum atomic E-state index is 15.2. The second kappa shape index (κ2) is 8.52. The van der Waals surface area contributed by atoms with Gasteiger partial charge in [0, 0.05) is 25.6 Å². The third-order valence-corrected chi connectivity index (χ3v) is 6.13. The van der Waals surface area contributed by atoms with Gasteiger partial charge in [-0.25, -0.2) is 13.6 Å². The summed E-state index contributed by atoms with van der Waals surface area (Å²) in [6, 6.07) is 7.43. The van der Waals surface area contributed by atoms with E-state index in [1.807, 2.05) is 6.92 Å². The number of aliphatic hydroxyl groups excluding tert-OH is 1. The van der Waals surface area contributed by atoms with Crippen LogP contribution < -0.4 is 10.6 Å². The Bertz CT molecular complexity index is 1250. The first-order chi connectivity index (χ1) is 15.3. The fraction of sp³-hybridized carbons (Fsp3) is 0.304. The Labute approximate surface area is 189 Å². The van der Waals surface area contributed by atoms with Gasteiger partial charge in [0.25, 0.3) is 0 Å². The lowest BCUT2D eigenvalue weighted by molar-refractivity contribution is 0.264. The number of para-hydroxylation sites is 1. The summed E-state index contributed by atoms with van der Waals surface area (Å²) in [6.07, 6.45) is 0. The maximum absolute atomic E-state index is 15.2. The SMILES string of the molecule is C=C(C)[C@@H]1CN(c2c(F)cccc2Cl)Cc2cc(F)c(-n3nc(CO)n(CC)c3=O)cc21. The van der Waals surface area contributed by atoms with Gasteiger partial charge in [-0.2, -0.15) is 4.68 Å². The number of halogens is 3. The summed E-state index contributed by atoms with van der Waals surface area (Å²) in [5, 5.41) is 13.9. The van der Waals surface area contributed by atoms with Crippen LogP contribution in [-0.2, 0) is 19.7 Å². The molecular weight excluding hydrogens is 438 g/mol. The summed E-state index contributed by atoms with van der Waals surface area (Å²) in [5.74, 6) is -1.17. The summed E-state index contributed by atoms with van der Waals surface area (Å²) in [5.41, 5.74) is 1.98. The molecule has 1 atom stereocenters. The molecule has 1 aliphatic rings. The molecule has 2 heterocycles. The predicted molar refractivity (Wildman–Crippen MR) is 119 cm³/mol. The molecule has 0 bridgehead atoms. The lowest BCUT2D eigenvalue weighted by Gasteiger charge is -2.37. The minimum atomic E-state index is -0.641. The number of aromatic nitrogens is 3. The second-order valence-corrected chi connectivity index (χ2v) is 8.27. The summed E-state index contributed by atoms with van der Waals surface area (Å²) in [7, 11) is 0. The number of aliphatic hydroxyl groups is 1. The van der Waals surface area contributed by atoms with Crippen molar-refractivity contribution in [3.63, 3.8) is 0 Å². The minimum Gasteiger partial charge on any atom is -0.388 e. The number of benzene rings is 2. The van der Waals surface area contributed by atoms with E-state index in [9.17, 15) is 14.3 Å². The Morgan fingerprint density at radius 1 is 1.31 bits per heavy atom. The first-order valence-electron chi connectivity index (χ1n) is 10.2. The van der Waals surface area contributed by atoms with Crippen LogP contribution in [0.5, 0.6) is 0 Å². The summed E-state index contributed by atoms with van der Waals surface area (Å²) >= 11 is 6.27. The number of hydrogen-bond donors (Lipinski definition) is 1. The van der Waals surface area contributed by atoms with Crippen LogP contribution in [0.2, 0.25) is 5.02 Å². The average molecular weight is 461 g/mol. The number of rotatable bonds is 5. The summed E-state index contributed by atoms with van der Waals surface area (Å²) < 4.78 is 32.0. The molecule has 0 radical (unpaired) electrons. The Hall–Kier alpha value is -2.97. The van der Waals surface area contributed by atoms with Crippen molar-refractivity contribution in [3.05, 3.63) is 86.6 Å². The molecule has 32 heavy (non-hydrogen) atoms. The monoisotopic (exact) mass is 460 g/mol. The molecule has 0 fully saturated rings. The molecule has 2 aromatic carbocycles. The highest BCUT2D eigenvalue weighted by Gasteiger charge is 2.30. The van der Waals surface area contributed by atoms with E-state index < -0.39 is 23.9 Å². The highest BCUT2D eigenvalue weighted by molar-refractivity contribution is 6.33. The molecular formula is C23H23ClF2N4O2. The van der Waals surface area contributed by atoms with Crippen molar-refractivity contribution < 1.29 is 13.9 Å². The topological polar surface area (TPSA) is 63.3 Å². The van der Waals surface area contributed by atoms with Crippen LogP contribution in [0.15, 0.2) is 47.3 Å².